The second kappa shape index (κ2) is 5.78. The lowest BCUT2D eigenvalue weighted by atomic mass is 10.4. The molecule has 0 aromatic carbocycles. The third kappa shape index (κ3) is 3.71. The van der Waals surface area contributed by atoms with Crippen molar-refractivity contribution in [2.75, 3.05) is 25.9 Å². The van der Waals surface area contributed by atoms with Crippen molar-refractivity contribution < 1.29 is 4.79 Å². The van der Waals surface area contributed by atoms with E-state index in [9.17, 15) is 4.79 Å². The summed E-state index contributed by atoms with van der Waals surface area (Å²) in [6, 6.07) is 1.63. The number of nitrogens with zero attached hydrogens (tertiary/aromatic N) is 2. The number of aliphatic imine (C=N–C) groups is 1. The zero-order valence-corrected chi connectivity index (χ0v) is 10.0. The van der Waals surface area contributed by atoms with Crippen molar-refractivity contribution >= 4 is 17.6 Å². The molecule has 0 aliphatic heterocycles. The molecule has 17 heavy (non-hydrogen) atoms. The molecule has 1 amide bonds. The maximum atomic E-state index is 11.7. The Morgan fingerprint density at radius 3 is 2.65 bits per heavy atom. The second-order valence-corrected chi connectivity index (χ2v) is 3.56. The number of guanidine groups is 1. The average molecular weight is 238 g/mol. The fourth-order valence-electron chi connectivity index (χ4n) is 1.35. The van der Waals surface area contributed by atoms with E-state index in [1.165, 1.54) is 0 Å². The van der Waals surface area contributed by atoms with Gasteiger partial charge in [0.15, 0.2) is 5.96 Å². The van der Waals surface area contributed by atoms with E-state index in [2.05, 4.69) is 15.6 Å². The van der Waals surface area contributed by atoms with Gasteiger partial charge in [0, 0.05) is 33.4 Å². The molecule has 0 spiro atoms. The van der Waals surface area contributed by atoms with Crippen LogP contribution < -0.4 is 22.1 Å². The summed E-state index contributed by atoms with van der Waals surface area (Å²) in [5, 5.41) is 5.58. The lowest BCUT2D eigenvalue weighted by molar-refractivity contribution is 0.0946. The number of anilines is 1. The molecule has 0 fully saturated rings. The standard InChI is InChI=1S/C10H18N6O/c1-13-10(12)15-4-3-14-9(17)8-5-7(11)6-16(8)2/h5-6H,3-4,11H2,1-2H3,(H,14,17)(H3,12,13,15). The number of nitrogens with one attached hydrogen (secondary N) is 2. The Bertz CT molecular complexity index is 422. The summed E-state index contributed by atoms with van der Waals surface area (Å²) in [6.45, 7) is 0.981. The average Bonchev–Trinajstić information content (AvgIpc) is 2.63. The van der Waals surface area contributed by atoms with Crippen LogP contribution in [0.3, 0.4) is 0 Å². The molecule has 1 rings (SSSR count). The third-order valence-electron chi connectivity index (χ3n) is 2.22. The highest BCUT2D eigenvalue weighted by molar-refractivity contribution is 5.93. The van der Waals surface area contributed by atoms with Gasteiger partial charge in [-0.05, 0) is 6.07 Å². The van der Waals surface area contributed by atoms with E-state index in [-0.39, 0.29) is 5.91 Å². The molecule has 0 aliphatic rings. The summed E-state index contributed by atoms with van der Waals surface area (Å²) >= 11 is 0. The lowest BCUT2D eigenvalue weighted by Gasteiger charge is -2.07. The molecule has 0 aliphatic carbocycles. The van der Waals surface area contributed by atoms with Crippen molar-refractivity contribution in [3.63, 3.8) is 0 Å². The fourth-order valence-corrected chi connectivity index (χ4v) is 1.35. The molecular weight excluding hydrogens is 220 g/mol. The van der Waals surface area contributed by atoms with Crippen molar-refractivity contribution in [2.24, 2.45) is 17.8 Å². The van der Waals surface area contributed by atoms with Gasteiger partial charge in [0.2, 0.25) is 0 Å². The van der Waals surface area contributed by atoms with Crippen LogP contribution in [0.5, 0.6) is 0 Å². The maximum Gasteiger partial charge on any atom is 0.268 e. The molecule has 1 aromatic heterocycles. The van der Waals surface area contributed by atoms with Crippen molar-refractivity contribution in [2.45, 2.75) is 0 Å². The summed E-state index contributed by atoms with van der Waals surface area (Å²) in [4.78, 5) is 15.4. The number of nitrogen functional groups attached to an aromatic ring is 1. The molecule has 0 atom stereocenters. The van der Waals surface area contributed by atoms with Crippen LogP contribution in [0.15, 0.2) is 17.3 Å². The fraction of sp³-hybridized carbons (Fsp3) is 0.400. The first kappa shape index (κ1) is 12.9. The van der Waals surface area contributed by atoms with E-state index in [0.717, 1.165) is 0 Å². The molecule has 1 heterocycles. The van der Waals surface area contributed by atoms with Crippen LogP contribution in [0, 0.1) is 0 Å². The van der Waals surface area contributed by atoms with Crippen LogP contribution in [0.2, 0.25) is 0 Å². The largest absolute Gasteiger partial charge is 0.397 e. The smallest absolute Gasteiger partial charge is 0.268 e. The first-order valence-corrected chi connectivity index (χ1v) is 5.20. The highest BCUT2D eigenvalue weighted by Gasteiger charge is 2.09. The van der Waals surface area contributed by atoms with Gasteiger partial charge in [-0.3, -0.25) is 9.79 Å². The van der Waals surface area contributed by atoms with Crippen LogP contribution in [0.4, 0.5) is 5.69 Å². The Balaban J connectivity index is 2.38. The van der Waals surface area contributed by atoms with E-state index < -0.39 is 0 Å². The van der Waals surface area contributed by atoms with Crippen LogP contribution in [0.1, 0.15) is 10.5 Å². The number of hydrogen-bond acceptors (Lipinski definition) is 3. The van der Waals surface area contributed by atoms with Crippen LogP contribution in [-0.2, 0) is 7.05 Å². The van der Waals surface area contributed by atoms with Crippen LogP contribution >= 0.6 is 0 Å². The predicted molar refractivity (Wildman–Crippen MR) is 67.7 cm³/mol. The van der Waals surface area contributed by atoms with Crippen molar-refractivity contribution in [3.8, 4) is 0 Å². The van der Waals surface area contributed by atoms with Gasteiger partial charge in [0.1, 0.15) is 5.69 Å². The number of aryl methyl sites for hydroxylation is 1. The molecule has 1 aromatic rings. The highest BCUT2D eigenvalue weighted by Crippen LogP contribution is 2.07. The van der Waals surface area contributed by atoms with Gasteiger partial charge < -0.3 is 26.7 Å². The van der Waals surface area contributed by atoms with Crippen LogP contribution in [0.25, 0.3) is 0 Å². The number of rotatable bonds is 4. The van der Waals surface area contributed by atoms with Gasteiger partial charge in [-0.25, -0.2) is 0 Å². The summed E-state index contributed by atoms with van der Waals surface area (Å²) in [5.74, 6) is 0.181. The number of carbonyl (C=O) groups is 1. The molecule has 6 N–H and O–H groups in total. The van der Waals surface area contributed by atoms with Crippen LogP contribution in [-0.4, -0.2) is 36.6 Å². The SMILES string of the molecule is CN=C(N)NCCNC(=O)c1cc(N)cn1C. The topological polar surface area (TPSA) is 110 Å². The molecule has 0 saturated heterocycles. The third-order valence-corrected chi connectivity index (χ3v) is 2.22. The molecule has 0 unspecified atom stereocenters. The summed E-state index contributed by atoms with van der Waals surface area (Å²) < 4.78 is 1.68. The Morgan fingerprint density at radius 1 is 1.47 bits per heavy atom. The predicted octanol–water partition coefficient (Wildman–Crippen LogP) is -1.13. The number of amides is 1. The zero-order valence-electron chi connectivity index (χ0n) is 10.0. The van der Waals surface area contributed by atoms with Gasteiger partial charge in [-0.2, -0.15) is 0 Å². The normalized spacial score (nSPS) is 11.3. The Kier molecular flexibility index (Phi) is 4.38. The summed E-state index contributed by atoms with van der Waals surface area (Å²) in [6.07, 6.45) is 1.69. The Labute approximate surface area is 99.9 Å². The second-order valence-electron chi connectivity index (χ2n) is 3.56. The highest BCUT2D eigenvalue weighted by atomic mass is 16.1. The maximum absolute atomic E-state index is 11.7. The Hall–Kier alpha value is -2.18. The molecule has 0 bridgehead atoms. The minimum Gasteiger partial charge on any atom is -0.397 e. The van der Waals surface area contributed by atoms with Crippen molar-refractivity contribution in [1.82, 2.24) is 15.2 Å². The zero-order chi connectivity index (χ0) is 12.8. The molecule has 7 nitrogen and oxygen atoms in total. The molecule has 94 valence electrons. The quantitative estimate of drug-likeness (QED) is 0.302. The van der Waals surface area contributed by atoms with Gasteiger partial charge in [-0.1, -0.05) is 0 Å². The number of carbonyl (C=O) groups excluding carboxylic acids is 1. The monoisotopic (exact) mass is 238 g/mol. The van der Waals surface area contributed by atoms with Crippen molar-refractivity contribution in [1.29, 1.82) is 0 Å². The first-order chi connectivity index (χ1) is 8.04. The van der Waals surface area contributed by atoms with Gasteiger partial charge >= 0.3 is 0 Å². The number of nitrogens with two attached hydrogens (primary N) is 2. The minimum atomic E-state index is -0.169. The van der Waals surface area contributed by atoms with E-state index >= 15 is 0 Å². The van der Waals surface area contributed by atoms with E-state index in [0.29, 0.717) is 30.4 Å². The Morgan fingerprint density at radius 2 is 2.12 bits per heavy atom. The first-order valence-electron chi connectivity index (χ1n) is 5.20. The van der Waals surface area contributed by atoms with Gasteiger partial charge in [0.25, 0.3) is 5.91 Å². The minimum absolute atomic E-state index is 0.169. The number of hydrogen-bond donors (Lipinski definition) is 4. The molecular formula is C10H18N6O. The molecule has 7 heteroatoms. The van der Waals surface area contributed by atoms with E-state index in [1.807, 2.05) is 0 Å². The van der Waals surface area contributed by atoms with E-state index in [4.69, 9.17) is 11.5 Å². The van der Waals surface area contributed by atoms with E-state index in [1.54, 1.807) is 30.9 Å². The van der Waals surface area contributed by atoms with Gasteiger partial charge in [0.05, 0.1) is 5.69 Å². The summed E-state index contributed by atoms with van der Waals surface area (Å²) in [7, 11) is 3.36. The van der Waals surface area contributed by atoms with Gasteiger partial charge in [-0.15, -0.1) is 0 Å². The van der Waals surface area contributed by atoms with Crippen molar-refractivity contribution in [3.05, 3.63) is 18.0 Å². The number of aromatic nitrogens is 1. The molecule has 0 saturated carbocycles. The lowest BCUT2D eigenvalue weighted by Crippen LogP contribution is -2.38. The summed E-state index contributed by atoms with van der Waals surface area (Å²) in [5.41, 5.74) is 12.1. The molecule has 0 radical (unpaired) electrons.